The zero-order valence-corrected chi connectivity index (χ0v) is 15.9. The highest BCUT2D eigenvalue weighted by atomic mass is 19.4. The fraction of sp³-hybridized carbons (Fsp3) is 0.381. The molecule has 4 heterocycles. The zero-order chi connectivity index (χ0) is 20.9. The molecule has 3 unspecified atom stereocenters. The third-order valence-electron chi connectivity index (χ3n) is 5.76. The van der Waals surface area contributed by atoms with Gasteiger partial charge in [-0.2, -0.15) is 13.2 Å². The average molecular weight is 420 g/mol. The van der Waals surface area contributed by atoms with Gasteiger partial charge in [0.05, 0.1) is 17.8 Å². The van der Waals surface area contributed by atoms with Crippen LogP contribution in [0.4, 0.5) is 23.2 Å². The second-order valence-corrected chi connectivity index (χ2v) is 7.70. The smallest absolute Gasteiger partial charge is 0.434 e. The number of alkyl halides is 4. The summed E-state index contributed by atoms with van der Waals surface area (Å²) < 4.78 is 60.6. The number of halogens is 4. The number of imidazole rings is 1. The van der Waals surface area contributed by atoms with Crippen molar-refractivity contribution in [3.05, 3.63) is 60.0 Å². The number of anilines is 1. The molecule has 0 radical (unpaired) electrons. The summed E-state index contributed by atoms with van der Waals surface area (Å²) in [7, 11) is 0. The number of benzene rings is 1. The lowest BCUT2D eigenvalue weighted by Crippen LogP contribution is -2.47. The lowest BCUT2D eigenvalue weighted by atomic mass is 9.95. The molecule has 0 spiro atoms. The Morgan fingerprint density at radius 3 is 2.73 bits per heavy atom. The normalized spacial score (nSPS) is 24.6. The van der Waals surface area contributed by atoms with E-state index in [9.17, 15) is 17.6 Å². The summed E-state index contributed by atoms with van der Waals surface area (Å²) in [6, 6.07) is 10.5. The Hall–Kier alpha value is -2.81. The third kappa shape index (κ3) is 3.36. The van der Waals surface area contributed by atoms with Crippen molar-refractivity contribution < 1.29 is 22.3 Å². The molecule has 0 aliphatic carbocycles. The van der Waals surface area contributed by atoms with Gasteiger partial charge in [-0.05, 0) is 24.6 Å². The van der Waals surface area contributed by atoms with Crippen LogP contribution in [0.3, 0.4) is 0 Å². The van der Waals surface area contributed by atoms with Crippen molar-refractivity contribution in [3.8, 4) is 5.75 Å². The number of likely N-dealkylation sites (tertiary alicyclic amines) is 1. The lowest BCUT2D eigenvalue weighted by Gasteiger charge is -2.39. The fourth-order valence-corrected chi connectivity index (χ4v) is 4.31. The van der Waals surface area contributed by atoms with Crippen molar-refractivity contribution in [2.75, 3.05) is 25.0 Å². The van der Waals surface area contributed by atoms with E-state index >= 15 is 0 Å². The van der Waals surface area contributed by atoms with E-state index in [-0.39, 0.29) is 17.7 Å². The van der Waals surface area contributed by atoms with E-state index in [0.29, 0.717) is 37.6 Å². The molecule has 0 bridgehead atoms. The van der Waals surface area contributed by atoms with Gasteiger partial charge in [0.15, 0.2) is 11.3 Å². The van der Waals surface area contributed by atoms with E-state index < -0.39 is 18.0 Å². The predicted molar refractivity (Wildman–Crippen MR) is 103 cm³/mol. The van der Waals surface area contributed by atoms with Crippen molar-refractivity contribution >= 4 is 11.3 Å². The number of rotatable bonds is 3. The minimum absolute atomic E-state index is 0.155. The Balaban J connectivity index is 1.54. The van der Waals surface area contributed by atoms with Crippen LogP contribution in [0, 0.1) is 0 Å². The fourth-order valence-electron chi connectivity index (χ4n) is 4.31. The number of hydrogen-bond donors (Lipinski definition) is 1. The Kier molecular flexibility index (Phi) is 4.57. The van der Waals surface area contributed by atoms with Gasteiger partial charge in [-0.15, -0.1) is 0 Å². The van der Waals surface area contributed by atoms with Crippen LogP contribution in [0.1, 0.15) is 23.7 Å². The number of nitrogens with zero attached hydrogens (tertiary/aromatic N) is 3. The Morgan fingerprint density at radius 1 is 1.13 bits per heavy atom. The molecule has 30 heavy (non-hydrogen) atoms. The van der Waals surface area contributed by atoms with E-state index in [1.807, 2.05) is 29.2 Å². The van der Waals surface area contributed by atoms with Crippen LogP contribution in [0.2, 0.25) is 0 Å². The van der Waals surface area contributed by atoms with Crippen molar-refractivity contribution in [1.82, 2.24) is 14.3 Å². The van der Waals surface area contributed by atoms with Gasteiger partial charge in [-0.1, -0.05) is 18.2 Å². The van der Waals surface area contributed by atoms with Crippen molar-refractivity contribution in [2.45, 2.75) is 30.9 Å². The molecule has 5 nitrogen and oxygen atoms in total. The summed E-state index contributed by atoms with van der Waals surface area (Å²) in [5.74, 6) is 0.716. The van der Waals surface area contributed by atoms with Gasteiger partial charge >= 0.3 is 6.18 Å². The summed E-state index contributed by atoms with van der Waals surface area (Å²) in [6.07, 6.45) is -2.43. The first-order valence-electron chi connectivity index (χ1n) is 9.81. The second-order valence-electron chi connectivity index (χ2n) is 7.70. The summed E-state index contributed by atoms with van der Waals surface area (Å²) >= 11 is 0. The minimum atomic E-state index is -4.53. The topological polar surface area (TPSA) is 41.8 Å². The molecule has 9 heteroatoms. The largest absolute Gasteiger partial charge is 0.491 e. The summed E-state index contributed by atoms with van der Waals surface area (Å²) in [6.45, 7) is 1.30. The highest BCUT2D eigenvalue weighted by Gasteiger charge is 2.39. The molecule has 3 atom stereocenters. The van der Waals surface area contributed by atoms with Crippen molar-refractivity contribution in [1.29, 1.82) is 0 Å². The molecular formula is C21H20F4N4O. The Labute approximate surface area is 170 Å². The summed E-state index contributed by atoms with van der Waals surface area (Å²) in [5.41, 5.74) is 0.620. The van der Waals surface area contributed by atoms with Crippen molar-refractivity contribution in [3.63, 3.8) is 0 Å². The predicted octanol–water partition coefficient (Wildman–Crippen LogP) is 4.31. The molecule has 1 fully saturated rings. The first-order chi connectivity index (χ1) is 14.4. The van der Waals surface area contributed by atoms with Gasteiger partial charge < -0.3 is 14.5 Å². The lowest BCUT2D eigenvalue weighted by molar-refractivity contribution is -0.140. The van der Waals surface area contributed by atoms with E-state index in [0.717, 1.165) is 11.8 Å². The van der Waals surface area contributed by atoms with Gasteiger partial charge in [0.1, 0.15) is 18.5 Å². The number of aromatic nitrogens is 2. The molecule has 2 aromatic heterocycles. The summed E-state index contributed by atoms with van der Waals surface area (Å²) in [4.78, 5) is 5.86. The maximum atomic E-state index is 13.9. The molecule has 0 saturated carbocycles. The second kappa shape index (κ2) is 7.16. The van der Waals surface area contributed by atoms with Crippen LogP contribution >= 0.6 is 0 Å². The number of nitrogens with one attached hydrogen (secondary N) is 1. The molecule has 1 saturated heterocycles. The maximum Gasteiger partial charge on any atom is 0.434 e. The van der Waals surface area contributed by atoms with Gasteiger partial charge in [0, 0.05) is 31.0 Å². The first kappa shape index (κ1) is 19.2. The van der Waals surface area contributed by atoms with E-state index in [4.69, 9.17) is 4.74 Å². The number of pyridine rings is 1. The van der Waals surface area contributed by atoms with Crippen LogP contribution in [0.15, 0.2) is 48.8 Å². The van der Waals surface area contributed by atoms with E-state index in [2.05, 4.69) is 10.3 Å². The molecule has 2 aliphatic rings. The van der Waals surface area contributed by atoms with Gasteiger partial charge in [-0.3, -0.25) is 4.90 Å². The van der Waals surface area contributed by atoms with Gasteiger partial charge in [-0.25, -0.2) is 9.37 Å². The molecule has 5 rings (SSSR count). The summed E-state index contributed by atoms with van der Waals surface area (Å²) in [5, 5.41) is 3.39. The SMILES string of the molecule is FC1CCN(C2COc3ccccc3C2Nc2cccn3cc(C(F)(F)F)nc23)C1. The van der Waals surface area contributed by atoms with Gasteiger partial charge in [0.25, 0.3) is 0 Å². The molecule has 1 aromatic carbocycles. The first-order valence-corrected chi connectivity index (χ1v) is 9.81. The Bertz CT molecular complexity index is 1070. The molecule has 1 N–H and O–H groups in total. The Morgan fingerprint density at radius 2 is 1.97 bits per heavy atom. The number of para-hydroxylation sites is 1. The third-order valence-corrected chi connectivity index (χ3v) is 5.76. The quantitative estimate of drug-likeness (QED) is 0.642. The average Bonchev–Trinajstić information content (AvgIpc) is 3.35. The number of fused-ring (bicyclic) bond motifs is 2. The molecular weight excluding hydrogens is 400 g/mol. The highest BCUT2D eigenvalue weighted by molar-refractivity contribution is 5.69. The van der Waals surface area contributed by atoms with Crippen LogP contribution in [0.5, 0.6) is 5.75 Å². The molecule has 158 valence electrons. The van der Waals surface area contributed by atoms with E-state index in [1.54, 1.807) is 12.1 Å². The van der Waals surface area contributed by atoms with Crippen LogP contribution in [-0.2, 0) is 6.18 Å². The van der Waals surface area contributed by atoms with Crippen LogP contribution < -0.4 is 10.1 Å². The van der Waals surface area contributed by atoms with Crippen LogP contribution in [0.25, 0.3) is 5.65 Å². The number of ether oxygens (including phenoxy) is 1. The highest BCUT2D eigenvalue weighted by Crippen LogP contribution is 2.39. The molecule has 0 amide bonds. The minimum Gasteiger partial charge on any atom is -0.491 e. The molecule has 2 aliphatic heterocycles. The van der Waals surface area contributed by atoms with Crippen LogP contribution in [-0.4, -0.2) is 46.2 Å². The standard InChI is InChI=1S/C21H20F4N4O/c22-13-7-9-28(10-13)16-12-30-17-6-2-1-4-14(17)19(16)26-15-5-3-8-29-11-18(21(23,24)25)27-20(15)29/h1-6,8,11,13,16,19,26H,7,9-10,12H2. The zero-order valence-electron chi connectivity index (χ0n) is 15.9. The number of hydrogen-bond acceptors (Lipinski definition) is 4. The van der Waals surface area contributed by atoms with E-state index in [1.165, 1.54) is 10.6 Å². The molecule has 3 aromatic rings. The maximum absolute atomic E-state index is 13.9. The van der Waals surface area contributed by atoms with Gasteiger partial charge in [0.2, 0.25) is 0 Å². The monoisotopic (exact) mass is 420 g/mol. The van der Waals surface area contributed by atoms with Crippen molar-refractivity contribution in [2.24, 2.45) is 0 Å².